The topological polar surface area (TPSA) is 50.8 Å². The SMILES string of the molecule is CN(C)CCOc1ccc(NC(=O)c2ccccc2OC2CCC2)cc1Cl. The fourth-order valence-electron chi connectivity index (χ4n) is 2.66. The molecule has 1 saturated carbocycles. The second kappa shape index (κ2) is 9.11. The van der Waals surface area contributed by atoms with E-state index in [1.54, 1.807) is 24.3 Å². The predicted molar refractivity (Wildman–Crippen MR) is 108 cm³/mol. The summed E-state index contributed by atoms with van der Waals surface area (Å²) in [6.07, 6.45) is 3.48. The molecule has 144 valence electrons. The number of hydrogen-bond acceptors (Lipinski definition) is 4. The molecule has 1 N–H and O–H groups in total. The summed E-state index contributed by atoms with van der Waals surface area (Å²) in [5.74, 6) is 1.00. The number of ether oxygens (including phenoxy) is 2. The minimum atomic E-state index is -0.220. The molecule has 3 rings (SSSR count). The second-order valence-corrected chi connectivity index (χ2v) is 7.33. The quantitative estimate of drug-likeness (QED) is 0.725. The first-order chi connectivity index (χ1) is 13.0. The van der Waals surface area contributed by atoms with E-state index >= 15 is 0 Å². The molecule has 0 unspecified atom stereocenters. The number of carbonyl (C=O) groups excluding carboxylic acids is 1. The molecule has 0 atom stereocenters. The molecule has 0 spiro atoms. The van der Waals surface area contributed by atoms with Crippen LogP contribution in [-0.4, -0.2) is 44.2 Å². The van der Waals surface area contributed by atoms with Gasteiger partial charge in [-0.05, 0) is 63.7 Å². The van der Waals surface area contributed by atoms with Gasteiger partial charge in [-0.15, -0.1) is 0 Å². The zero-order valence-electron chi connectivity index (χ0n) is 15.7. The van der Waals surface area contributed by atoms with Crippen LogP contribution in [0.3, 0.4) is 0 Å². The molecular weight excluding hydrogens is 364 g/mol. The molecular formula is C21H25ClN2O3. The Hall–Kier alpha value is -2.24. The van der Waals surface area contributed by atoms with Gasteiger partial charge in [-0.3, -0.25) is 4.79 Å². The number of amides is 1. The van der Waals surface area contributed by atoms with Crippen LogP contribution >= 0.6 is 11.6 Å². The van der Waals surface area contributed by atoms with Crippen LogP contribution in [0.1, 0.15) is 29.6 Å². The van der Waals surface area contributed by atoms with Gasteiger partial charge >= 0.3 is 0 Å². The molecule has 2 aromatic carbocycles. The van der Waals surface area contributed by atoms with Crippen LogP contribution < -0.4 is 14.8 Å². The zero-order valence-corrected chi connectivity index (χ0v) is 16.5. The summed E-state index contributed by atoms with van der Waals surface area (Å²) in [5, 5.41) is 3.35. The molecule has 0 bridgehead atoms. The highest BCUT2D eigenvalue weighted by atomic mass is 35.5. The average molecular weight is 389 g/mol. The van der Waals surface area contributed by atoms with E-state index in [1.165, 1.54) is 6.42 Å². The number of para-hydroxylation sites is 1. The molecule has 1 amide bonds. The number of anilines is 1. The minimum Gasteiger partial charge on any atom is -0.491 e. The molecule has 27 heavy (non-hydrogen) atoms. The van der Waals surface area contributed by atoms with Crippen LogP contribution in [0.5, 0.6) is 11.5 Å². The molecule has 1 fully saturated rings. The number of likely N-dealkylation sites (N-methyl/N-ethyl adjacent to an activating group) is 1. The third-order valence-electron chi connectivity index (χ3n) is 4.46. The van der Waals surface area contributed by atoms with Crippen molar-refractivity contribution in [2.45, 2.75) is 25.4 Å². The first-order valence-corrected chi connectivity index (χ1v) is 9.55. The molecule has 6 heteroatoms. The van der Waals surface area contributed by atoms with E-state index in [1.807, 2.05) is 37.2 Å². The fourth-order valence-corrected chi connectivity index (χ4v) is 2.89. The third kappa shape index (κ3) is 5.37. The summed E-state index contributed by atoms with van der Waals surface area (Å²) in [6.45, 7) is 1.34. The minimum absolute atomic E-state index is 0.215. The van der Waals surface area contributed by atoms with Gasteiger partial charge < -0.3 is 19.7 Å². The number of hydrogen-bond donors (Lipinski definition) is 1. The van der Waals surface area contributed by atoms with Crippen molar-refractivity contribution in [3.63, 3.8) is 0 Å². The normalized spacial score (nSPS) is 13.9. The largest absolute Gasteiger partial charge is 0.491 e. The van der Waals surface area contributed by atoms with Crippen LogP contribution in [0.4, 0.5) is 5.69 Å². The summed E-state index contributed by atoms with van der Waals surface area (Å²) in [5.41, 5.74) is 1.13. The maximum atomic E-state index is 12.7. The number of benzene rings is 2. The summed E-state index contributed by atoms with van der Waals surface area (Å²) in [4.78, 5) is 14.7. The van der Waals surface area contributed by atoms with E-state index in [0.29, 0.717) is 34.4 Å². The van der Waals surface area contributed by atoms with E-state index in [2.05, 4.69) is 5.32 Å². The number of rotatable bonds is 8. The van der Waals surface area contributed by atoms with Gasteiger partial charge in [0.25, 0.3) is 5.91 Å². The van der Waals surface area contributed by atoms with Crippen LogP contribution in [-0.2, 0) is 0 Å². The van der Waals surface area contributed by atoms with Crippen molar-refractivity contribution in [2.75, 3.05) is 32.6 Å². The standard InChI is InChI=1S/C21H25ClN2O3/c1-24(2)12-13-26-20-11-10-15(14-18(20)22)23-21(25)17-8-3-4-9-19(17)27-16-6-5-7-16/h3-4,8-11,14,16H,5-7,12-13H2,1-2H3,(H,23,25). The van der Waals surface area contributed by atoms with E-state index in [0.717, 1.165) is 19.4 Å². The van der Waals surface area contributed by atoms with Gasteiger partial charge in [0.15, 0.2) is 0 Å². The first kappa shape index (κ1) is 19.5. The Kier molecular flexibility index (Phi) is 6.58. The van der Waals surface area contributed by atoms with E-state index in [9.17, 15) is 4.79 Å². The smallest absolute Gasteiger partial charge is 0.259 e. The van der Waals surface area contributed by atoms with Gasteiger partial charge in [0.2, 0.25) is 0 Å². The lowest BCUT2D eigenvalue weighted by Crippen LogP contribution is -2.26. The highest BCUT2D eigenvalue weighted by Gasteiger charge is 2.22. The number of carbonyl (C=O) groups is 1. The maximum absolute atomic E-state index is 12.7. The number of nitrogens with zero attached hydrogens (tertiary/aromatic N) is 1. The lowest BCUT2D eigenvalue weighted by Gasteiger charge is -2.27. The number of halogens is 1. The Morgan fingerprint density at radius 3 is 2.63 bits per heavy atom. The van der Waals surface area contributed by atoms with Gasteiger partial charge in [0.1, 0.15) is 18.1 Å². The Balaban J connectivity index is 1.65. The van der Waals surface area contributed by atoms with Crippen molar-refractivity contribution in [2.24, 2.45) is 0 Å². The molecule has 0 aromatic heterocycles. The molecule has 1 aliphatic carbocycles. The zero-order chi connectivity index (χ0) is 19.2. The van der Waals surface area contributed by atoms with Crippen LogP contribution in [0.2, 0.25) is 5.02 Å². The van der Waals surface area contributed by atoms with Crippen molar-refractivity contribution in [1.29, 1.82) is 0 Å². The summed E-state index contributed by atoms with van der Waals surface area (Å²) in [6, 6.07) is 12.6. The Morgan fingerprint density at radius 2 is 1.96 bits per heavy atom. The highest BCUT2D eigenvalue weighted by Crippen LogP contribution is 2.30. The lowest BCUT2D eigenvalue weighted by atomic mass is 9.96. The van der Waals surface area contributed by atoms with Gasteiger partial charge in [-0.2, -0.15) is 0 Å². The highest BCUT2D eigenvalue weighted by molar-refractivity contribution is 6.32. The van der Waals surface area contributed by atoms with Crippen LogP contribution in [0, 0.1) is 0 Å². The van der Waals surface area contributed by atoms with Crippen molar-refractivity contribution in [3.8, 4) is 11.5 Å². The predicted octanol–water partition coefficient (Wildman–Crippen LogP) is 4.46. The van der Waals surface area contributed by atoms with Gasteiger partial charge in [-0.1, -0.05) is 23.7 Å². The Morgan fingerprint density at radius 1 is 1.19 bits per heavy atom. The maximum Gasteiger partial charge on any atom is 0.259 e. The summed E-state index contributed by atoms with van der Waals surface area (Å²) in [7, 11) is 3.96. The van der Waals surface area contributed by atoms with Crippen LogP contribution in [0.25, 0.3) is 0 Å². The lowest BCUT2D eigenvalue weighted by molar-refractivity contribution is 0.0992. The van der Waals surface area contributed by atoms with E-state index in [4.69, 9.17) is 21.1 Å². The van der Waals surface area contributed by atoms with Crippen LogP contribution in [0.15, 0.2) is 42.5 Å². The molecule has 0 heterocycles. The van der Waals surface area contributed by atoms with Gasteiger partial charge in [-0.25, -0.2) is 0 Å². The van der Waals surface area contributed by atoms with E-state index in [-0.39, 0.29) is 12.0 Å². The molecule has 0 radical (unpaired) electrons. The summed E-state index contributed by atoms with van der Waals surface area (Å²) < 4.78 is 11.6. The molecule has 5 nitrogen and oxygen atoms in total. The van der Waals surface area contributed by atoms with Gasteiger partial charge in [0, 0.05) is 12.2 Å². The fraction of sp³-hybridized carbons (Fsp3) is 0.381. The number of nitrogens with one attached hydrogen (secondary N) is 1. The first-order valence-electron chi connectivity index (χ1n) is 9.17. The Labute approximate surface area is 165 Å². The molecule has 0 aliphatic heterocycles. The Bertz CT molecular complexity index is 791. The van der Waals surface area contributed by atoms with Crippen molar-refractivity contribution < 1.29 is 14.3 Å². The summed E-state index contributed by atoms with van der Waals surface area (Å²) >= 11 is 6.29. The molecule has 2 aromatic rings. The van der Waals surface area contributed by atoms with Crippen molar-refractivity contribution in [3.05, 3.63) is 53.1 Å². The second-order valence-electron chi connectivity index (χ2n) is 6.92. The average Bonchev–Trinajstić information content (AvgIpc) is 2.60. The third-order valence-corrected chi connectivity index (χ3v) is 4.76. The monoisotopic (exact) mass is 388 g/mol. The van der Waals surface area contributed by atoms with E-state index < -0.39 is 0 Å². The van der Waals surface area contributed by atoms with Gasteiger partial charge in [0.05, 0.1) is 16.7 Å². The van der Waals surface area contributed by atoms with Crippen molar-refractivity contribution in [1.82, 2.24) is 4.90 Å². The molecule has 0 saturated heterocycles. The van der Waals surface area contributed by atoms with Crippen molar-refractivity contribution >= 4 is 23.2 Å². The molecule has 1 aliphatic rings.